The predicted octanol–water partition coefficient (Wildman–Crippen LogP) is 4.25. The number of carbonyl (C=O) groups is 1. The van der Waals surface area contributed by atoms with Gasteiger partial charge < -0.3 is 4.74 Å². The Labute approximate surface area is 127 Å². The van der Waals surface area contributed by atoms with Crippen LogP contribution in [0, 0.1) is 0 Å². The first-order chi connectivity index (χ1) is 10.2. The molecule has 0 aliphatic rings. The van der Waals surface area contributed by atoms with Gasteiger partial charge in [0.2, 0.25) is 0 Å². The maximum absolute atomic E-state index is 12.2. The SMILES string of the molecule is O=C(OCc1ccc(Cl)nc1)c1cccc2ccccc12. The fourth-order valence-corrected chi connectivity index (χ4v) is 2.23. The van der Waals surface area contributed by atoms with Gasteiger partial charge >= 0.3 is 5.97 Å². The highest BCUT2D eigenvalue weighted by Gasteiger charge is 2.11. The fourth-order valence-electron chi connectivity index (χ4n) is 2.12. The van der Waals surface area contributed by atoms with Gasteiger partial charge in [-0.1, -0.05) is 54.1 Å². The molecule has 0 saturated heterocycles. The van der Waals surface area contributed by atoms with Crippen LogP contribution in [-0.2, 0) is 11.3 Å². The highest BCUT2D eigenvalue weighted by Crippen LogP contribution is 2.19. The van der Waals surface area contributed by atoms with Crippen molar-refractivity contribution >= 4 is 28.3 Å². The molecule has 0 unspecified atom stereocenters. The lowest BCUT2D eigenvalue weighted by atomic mass is 10.0. The van der Waals surface area contributed by atoms with Gasteiger partial charge in [0.25, 0.3) is 0 Å². The van der Waals surface area contributed by atoms with Crippen molar-refractivity contribution in [3.63, 3.8) is 0 Å². The lowest BCUT2D eigenvalue weighted by Gasteiger charge is -2.07. The quantitative estimate of drug-likeness (QED) is 0.536. The number of hydrogen-bond donors (Lipinski definition) is 0. The summed E-state index contributed by atoms with van der Waals surface area (Å²) in [5, 5.41) is 2.32. The Hall–Kier alpha value is -2.39. The van der Waals surface area contributed by atoms with Gasteiger partial charge in [0, 0.05) is 11.8 Å². The average Bonchev–Trinajstić information content (AvgIpc) is 2.53. The molecule has 0 saturated carbocycles. The topological polar surface area (TPSA) is 39.2 Å². The smallest absolute Gasteiger partial charge is 0.339 e. The van der Waals surface area contributed by atoms with Crippen molar-refractivity contribution in [1.29, 1.82) is 0 Å². The van der Waals surface area contributed by atoms with Crippen LogP contribution in [0.5, 0.6) is 0 Å². The Morgan fingerprint density at radius 1 is 1.05 bits per heavy atom. The molecule has 0 spiro atoms. The van der Waals surface area contributed by atoms with E-state index in [2.05, 4.69) is 4.98 Å². The van der Waals surface area contributed by atoms with Crippen molar-refractivity contribution in [2.45, 2.75) is 6.61 Å². The number of rotatable bonds is 3. The van der Waals surface area contributed by atoms with Crippen LogP contribution in [0.15, 0.2) is 60.8 Å². The predicted molar refractivity (Wildman–Crippen MR) is 82.3 cm³/mol. The molecule has 0 fully saturated rings. The van der Waals surface area contributed by atoms with E-state index < -0.39 is 0 Å². The van der Waals surface area contributed by atoms with E-state index in [1.807, 2.05) is 36.4 Å². The number of pyridine rings is 1. The molecule has 0 radical (unpaired) electrons. The highest BCUT2D eigenvalue weighted by molar-refractivity contribution is 6.29. The first kappa shape index (κ1) is 13.6. The molecule has 3 aromatic rings. The van der Waals surface area contributed by atoms with Crippen LogP contribution in [0.2, 0.25) is 5.15 Å². The molecule has 0 amide bonds. The van der Waals surface area contributed by atoms with Gasteiger partial charge in [-0.25, -0.2) is 9.78 Å². The molecule has 1 heterocycles. The van der Waals surface area contributed by atoms with Gasteiger partial charge in [-0.3, -0.25) is 0 Å². The number of benzene rings is 2. The number of fused-ring (bicyclic) bond motifs is 1. The number of aromatic nitrogens is 1. The Morgan fingerprint density at radius 3 is 2.67 bits per heavy atom. The molecule has 0 aliphatic heterocycles. The third-order valence-corrected chi connectivity index (χ3v) is 3.39. The van der Waals surface area contributed by atoms with Crippen LogP contribution in [0.25, 0.3) is 10.8 Å². The monoisotopic (exact) mass is 297 g/mol. The number of halogens is 1. The third-order valence-electron chi connectivity index (χ3n) is 3.17. The minimum Gasteiger partial charge on any atom is -0.457 e. The van der Waals surface area contributed by atoms with Gasteiger partial charge in [-0.15, -0.1) is 0 Å². The van der Waals surface area contributed by atoms with Crippen molar-refractivity contribution in [3.8, 4) is 0 Å². The molecule has 3 rings (SSSR count). The third kappa shape index (κ3) is 3.03. The van der Waals surface area contributed by atoms with E-state index in [0.717, 1.165) is 16.3 Å². The van der Waals surface area contributed by atoms with Crippen LogP contribution in [0.1, 0.15) is 15.9 Å². The molecule has 2 aromatic carbocycles. The molecule has 0 aliphatic carbocycles. The van der Waals surface area contributed by atoms with Crippen molar-refractivity contribution in [1.82, 2.24) is 4.98 Å². The standard InChI is InChI=1S/C17H12ClNO2/c18-16-9-8-12(10-19-16)11-21-17(20)15-7-3-5-13-4-1-2-6-14(13)15/h1-10H,11H2. The van der Waals surface area contributed by atoms with Crippen LogP contribution in [-0.4, -0.2) is 11.0 Å². The zero-order chi connectivity index (χ0) is 14.7. The van der Waals surface area contributed by atoms with Crippen LogP contribution < -0.4 is 0 Å². The minimum atomic E-state index is -0.346. The summed E-state index contributed by atoms with van der Waals surface area (Å²) in [6.45, 7) is 0.173. The summed E-state index contributed by atoms with van der Waals surface area (Å²) in [4.78, 5) is 16.2. The van der Waals surface area contributed by atoms with Crippen molar-refractivity contribution < 1.29 is 9.53 Å². The van der Waals surface area contributed by atoms with Crippen LogP contribution >= 0.6 is 11.6 Å². The van der Waals surface area contributed by atoms with Crippen molar-refractivity contribution in [2.24, 2.45) is 0 Å². The van der Waals surface area contributed by atoms with E-state index in [4.69, 9.17) is 16.3 Å². The molecule has 1 aromatic heterocycles. The lowest BCUT2D eigenvalue weighted by Crippen LogP contribution is -2.06. The lowest BCUT2D eigenvalue weighted by molar-refractivity contribution is 0.0475. The molecular formula is C17H12ClNO2. The van der Waals surface area contributed by atoms with E-state index in [1.54, 1.807) is 24.4 Å². The summed E-state index contributed by atoms with van der Waals surface area (Å²) >= 11 is 5.72. The summed E-state index contributed by atoms with van der Waals surface area (Å²) in [5.74, 6) is -0.346. The Morgan fingerprint density at radius 2 is 1.86 bits per heavy atom. The number of hydrogen-bond acceptors (Lipinski definition) is 3. The summed E-state index contributed by atoms with van der Waals surface area (Å²) in [5.41, 5.74) is 1.36. The average molecular weight is 298 g/mol. The van der Waals surface area contributed by atoms with Gasteiger partial charge in [0.15, 0.2) is 0 Å². The van der Waals surface area contributed by atoms with E-state index in [1.165, 1.54) is 0 Å². The second kappa shape index (κ2) is 5.94. The minimum absolute atomic E-state index is 0.173. The molecule has 4 heteroatoms. The molecular weight excluding hydrogens is 286 g/mol. The van der Waals surface area contributed by atoms with Gasteiger partial charge in [-0.05, 0) is 22.9 Å². The molecule has 21 heavy (non-hydrogen) atoms. The first-order valence-corrected chi connectivity index (χ1v) is 6.87. The first-order valence-electron chi connectivity index (χ1n) is 6.49. The number of esters is 1. The number of carbonyl (C=O) groups excluding carboxylic acids is 1. The van der Waals surface area contributed by atoms with Crippen LogP contribution in [0.3, 0.4) is 0 Å². The fraction of sp³-hybridized carbons (Fsp3) is 0.0588. The van der Waals surface area contributed by atoms with Crippen molar-refractivity contribution in [3.05, 3.63) is 77.1 Å². The summed E-state index contributed by atoms with van der Waals surface area (Å²) in [6.07, 6.45) is 1.60. The summed E-state index contributed by atoms with van der Waals surface area (Å²) < 4.78 is 5.34. The van der Waals surface area contributed by atoms with Crippen molar-refractivity contribution in [2.75, 3.05) is 0 Å². The van der Waals surface area contributed by atoms with E-state index in [-0.39, 0.29) is 12.6 Å². The summed E-state index contributed by atoms with van der Waals surface area (Å²) in [7, 11) is 0. The zero-order valence-electron chi connectivity index (χ0n) is 11.1. The number of nitrogens with zero attached hydrogens (tertiary/aromatic N) is 1. The van der Waals surface area contributed by atoms with E-state index >= 15 is 0 Å². The molecule has 104 valence electrons. The Kier molecular flexibility index (Phi) is 3.84. The zero-order valence-corrected chi connectivity index (χ0v) is 11.9. The largest absolute Gasteiger partial charge is 0.457 e. The second-order valence-corrected chi connectivity index (χ2v) is 4.98. The summed E-state index contributed by atoms with van der Waals surface area (Å²) in [6, 6.07) is 16.8. The Balaban J connectivity index is 1.79. The van der Waals surface area contributed by atoms with Gasteiger partial charge in [0.1, 0.15) is 11.8 Å². The van der Waals surface area contributed by atoms with E-state index in [9.17, 15) is 4.79 Å². The maximum Gasteiger partial charge on any atom is 0.339 e. The van der Waals surface area contributed by atoms with Gasteiger partial charge in [0.05, 0.1) is 5.56 Å². The second-order valence-electron chi connectivity index (χ2n) is 4.59. The normalized spacial score (nSPS) is 10.5. The molecule has 0 bridgehead atoms. The highest BCUT2D eigenvalue weighted by atomic mass is 35.5. The molecule has 0 atom stereocenters. The molecule has 0 N–H and O–H groups in total. The Bertz CT molecular complexity index is 779. The maximum atomic E-state index is 12.2. The van der Waals surface area contributed by atoms with E-state index in [0.29, 0.717) is 10.7 Å². The number of ether oxygens (including phenoxy) is 1. The van der Waals surface area contributed by atoms with Crippen LogP contribution in [0.4, 0.5) is 0 Å². The molecule has 3 nitrogen and oxygen atoms in total. The van der Waals surface area contributed by atoms with Gasteiger partial charge in [-0.2, -0.15) is 0 Å².